The van der Waals surface area contributed by atoms with Gasteiger partial charge >= 0.3 is 0 Å². The number of halogens is 3. The van der Waals surface area contributed by atoms with E-state index < -0.39 is 11.7 Å². The maximum absolute atomic E-state index is 13.3. The van der Waals surface area contributed by atoms with Crippen LogP contribution in [0.4, 0.5) is 15.8 Å². The summed E-state index contributed by atoms with van der Waals surface area (Å²) in [6.45, 7) is 0. The molecule has 0 saturated heterocycles. The molecule has 0 heterocycles. The van der Waals surface area contributed by atoms with Gasteiger partial charge in [-0.05, 0) is 24.3 Å². The second-order valence-electron chi connectivity index (χ2n) is 4.13. The number of anilines is 2. The summed E-state index contributed by atoms with van der Waals surface area (Å²) in [6, 6.07) is 7.33. The van der Waals surface area contributed by atoms with E-state index in [4.69, 9.17) is 33.7 Å². The summed E-state index contributed by atoms with van der Waals surface area (Å²) < 4.78 is 18.4. The van der Waals surface area contributed by atoms with Crippen molar-refractivity contribution in [2.75, 3.05) is 18.2 Å². The Morgan fingerprint density at radius 2 is 1.90 bits per heavy atom. The van der Waals surface area contributed by atoms with Crippen molar-refractivity contribution in [2.24, 2.45) is 0 Å². The molecule has 0 aromatic heterocycles. The average molecular weight is 329 g/mol. The minimum atomic E-state index is -0.739. The molecule has 0 aliphatic carbocycles. The first kappa shape index (κ1) is 15.4. The molecule has 110 valence electrons. The highest BCUT2D eigenvalue weighted by atomic mass is 35.5. The van der Waals surface area contributed by atoms with E-state index >= 15 is 0 Å². The van der Waals surface area contributed by atoms with Crippen LogP contribution >= 0.6 is 23.2 Å². The predicted molar refractivity (Wildman–Crippen MR) is 81.8 cm³/mol. The van der Waals surface area contributed by atoms with Gasteiger partial charge in [-0.2, -0.15) is 0 Å². The highest BCUT2D eigenvalue weighted by Crippen LogP contribution is 2.29. The molecule has 0 atom stereocenters. The number of rotatable bonds is 3. The molecule has 7 heteroatoms. The molecule has 2 aromatic rings. The molecule has 0 radical (unpaired) electrons. The van der Waals surface area contributed by atoms with E-state index in [0.717, 1.165) is 0 Å². The van der Waals surface area contributed by atoms with Crippen molar-refractivity contribution in [1.82, 2.24) is 0 Å². The first-order chi connectivity index (χ1) is 9.93. The van der Waals surface area contributed by atoms with Crippen LogP contribution in [0.5, 0.6) is 5.75 Å². The predicted octanol–water partition coefficient (Wildman–Crippen LogP) is 3.98. The smallest absolute Gasteiger partial charge is 0.257 e. The highest BCUT2D eigenvalue weighted by Gasteiger charge is 2.15. The number of amides is 1. The number of nitrogen functional groups attached to an aromatic ring is 1. The zero-order valence-electron chi connectivity index (χ0n) is 10.9. The lowest BCUT2D eigenvalue weighted by Gasteiger charge is -2.11. The van der Waals surface area contributed by atoms with Gasteiger partial charge in [0.2, 0.25) is 0 Å². The molecule has 2 rings (SSSR count). The monoisotopic (exact) mass is 328 g/mol. The average Bonchev–Trinajstić information content (AvgIpc) is 2.44. The van der Waals surface area contributed by atoms with Crippen LogP contribution in [0.25, 0.3) is 0 Å². The van der Waals surface area contributed by atoms with Crippen LogP contribution < -0.4 is 15.8 Å². The molecule has 0 spiro atoms. The lowest BCUT2D eigenvalue weighted by molar-refractivity contribution is 0.102. The van der Waals surface area contributed by atoms with Crippen LogP contribution in [-0.2, 0) is 0 Å². The second kappa shape index (κ2) is 6.20. The molecule has 0 aliphatic heterocycles. The van der Waals surface area contributed by atoms with Gasteiger partial charge in [0, 0.05) is 5.69 Å². The maximum atomic E-state index is 13.3. The zero-order valence-corrected chi connectivity index (χ0v) is 12.4. The number of ether oxygens (including phenoxy) is 1. The SMILES string of the molecule is COc1cccc(C(=O)Nc2cc(Cl)c(F)c(Cl)c2)c1N. The van der Waals surface area contributed by atoms with Gasteiger partial charge in [0.25, 0.3) is 5.91 Å². The number of carbonyl (C=O) groups is 1. The molecule has 21 heavy (non-hydrogen) atoms. The number of methoxy groups -OCH3 is 1. The number of para-hydroxylation sites is 1. The number of carbonyl (C=O) groups excluding carboxylic acids is 1. The third-order valence-corrected chi connectivity index (χ3v) is 3.32. The van der Waals surface area contributed by atoms with Gasteiger partial charge in [-0.3, -0.25) is 4.79 Å². The Balaban J connectivity index is 2.30. The molecule has 3 N–H and O–H groups in total. The highest BCUT2D eigenvalue weighted by molar-refractivity contribution is 6.35. The summed E-state index contributed by atoms with van der Waals surface area (Å²) in [7, 11) is 1.45. The van der Waals surface area contributed by atoms with Crippen molar-refractivity contribution < 1.29 is 13.9 Å². The van der Waals surface area contributed by atoms with Gasteiger partial charge in [0.1, 0.15) is 5.75 Å². The summed E-state index contributed by atoms with van der Waals surface area (Å²) in [4.78, 5) is 12.2. The fourth-order valence-electron chi connectivity index (χ4n) is 1.75. The van der Waals surface area contributed by atoms with E-state index in [2.05, 4.69) is 5.32 Å². The summed E-state index contributed by atoms with van der Waals surface area (Å²) in [5.41, 5.74) is 6.53. The van der Waals surface area contributed by atoms with Crippen LogP contribution in [0.1, 0.15) is 10.4 Å². The standard InChI is InChI=1S/C14H11Cl2FN2O2/c1-21-11-4-2-3-8(13(11)18)14(20)19-7-5-9(15)12(17)10(16)6-7/h2-6H,18H2,1H3,(H,19,20). The van der Waals surface area contributed by atoms with Crippen molar-refractivity contribution in [3.63, 3.8) is 0 Å². The third-order valence-electron chi connectivity index (χ3n) is 2.77. The van der Waals surface area contributed by atoms with Crippen molar-refractivity contribution in [3.05, 3.63) is 51.8 Å². The normalized spacial score (nSPS) is 10.3. The van der Waals surface area contributed by atoms with Crippen LogP contribution in [0.15, 0.2) is 30.3 Å². The quantitative estimate of drug-likeness (QED) is 0.661. The van der Waals surface area contributed by atoms with Crippen molar-refractivity contribution in [3.8, 4) is 5.75 Å². The largest absolute Gasteiger partial charge is 0.495 e. The van der Waals surface area contributed by atoms with Gasteiger partial charge < -0.3 is 15.8 Å². The Labute approximate surface area is 130 Å². The van der Waals surface area contributed by atoms with E-state index in [-0.39, 0.29) is 27.0 Å². The molecule has 2 aromatic carbocycles. The molecule has 0 aliphatic rings. The minimum Gasteiger partial charge on any atom is -0.495 e. The first-order valence-electron chi connectivity index (χ1n) is 5.82. The lowest BCUT2D eigenvalue weighted by Crippen LogP contribution is -2.14. The van der Waals surface area contributed by atoms with Crippen LogP contribution in [0.2, 0.25) is 10.0 Å². The molecular formula is C14H11Cl2FN2O2. The van der Waals surface area contributed by atoms with Gasteiger partial charge in [0.15, 0.2) is 5.82 Å². The van der Waals surface area contributed by atoms with E-state index in [1.807, 2.05) is 0 Å². The van der Waals surface area contributed by atoms with Crippen molar-refractivity contribution in [1.29, 1.82) is 0 Å². The second-order valence-corrected chi connectivity index (χ2v) is 4.94. The fraction of sp³-hybridized carbons (Fsp3) is 0.0714. The van der Waals surface area contributed by atoms with Gasteiger partial charge in [-0.15, -0.1) is 0 Å². The summed E-state index contributed by atoms with van der Waals surface area (Å²) in [5, 5.41) is 2.18. The summed E-state index contributed by atoms with van der Waals surface area (Å²) in [6.07, 6.45) is 0. The Bertz CT molecular complexity index is 684. The number of nitrogens with two attached hydrogens (primary N) is 1. The third kappa shape index (κ3) is 3.20. The van der Waals surface area contributed by atoms with Crippen LogP contribution in [-0.4, -0.2) is 13.0 Å². The molecule has 0 saturated carbocycles. The molecular weight excluding hydrogens is 318 g/mol. The van der Waals surface area contributed by atoms with Gasteiger partial charge in [0.05, 0.1) is 28.4 Å². The van der Waals surface area contributed by atoms with Crippen molar-refractivity contribution in [2.45, 2.75) is 0 Å². The molecule has 0 bridgehead atoms. The Morgan fingerprint density at radius 3 is 2.48 bits per heavy atom. The van der Waals surface area contributed by atoms with Crippen molar-refractivity contribution >= 4 is 40.5 Å². The van der Waals surface area contributed by atoms with Crippen LogP contribution in [0, 0.1) is 5.82 Å². The molecule has 0 unspecified atom stereocenters. The fourth-order valence-corrected chi connectivity index (χ4v) is 2.23. The molecule has 1 amide bonds. The van der Waals surface area contributed by atoms with E-state index in [1.165, 1.54) is 19.2 Å². The Kier molecular flexibility index (Phi) is 4.55. The lowest BCUT2D eigenvalue weighted by atomic mass is 10.1. The van der Waals surface area contributed by atoms with E-state index in [9.17, 15) is 9.18 Å². The van der Waals surface area contributed by atoms with E-state index in [0.29, 0.717) is 5.75 Å². The number of nitrogens with one attached hydrogen (secondary N) is 1. The number of benzene rings is 2. The first-order valence-corrected chi connectivity index (χ1v) is 6.58. The van der Waals surface area contributed by atoms with Gasteiger partial charge in [-0.1, -0.05) is 29.3 Å². The summed E-state index contributed by atoms with van der Waals surface area (Å²) in [5.74, 6) is -0.833. The molecule has 0 fully saturated rings. The molecule has 4 nitrogen and oxygen atoms in total. The van der Waals surface area contributed by atoms with Gasteiger partial charge in [-0.25, -0.2) is 4.39 Å². The zero-order chi connectivity index (χ0) is 15.6. The maximum Gasteiger partial charge on any atom is 0.257 e. The Hall–Kier alpha value is -1.98. The number of hydrogen-bond donors (Lipinski definition) is 2. The topological polar surface area (TPSA) is 64.3 Å². The minimum absolute atomic E-state index is 0.184. The summed E-state index contributed by atoms with van der Waals surface area (Å²) >= 11 is 11.3. The van der Waals surface area contributed by atoms with Crippen LogP contribution in [0.3, 0.4) is 0 Å². The van der Waals surface area contributed by atoms with E-state index in [1.54, 1.807) is 18.2 Å². The number of hydrogen-bond acceptors (Lipinski definition) is 3. The Morgan fingerprint density at radius 1 is 1.29 bits per heavy atom.